The molecule has 1 saturated heterocycles. The maximum Gasteiger partial charge on any atom is 0.328 e. The number of rotatable bonds is 4. The van der Waals surface area contributed by atoms with E-state index >= 15 is 0 Å². The predicted octanol–water partition coefficient (Wildman–Crippen LogP) is 3.15. The van der Waals surface area contributed by atoms with E-state index in [4.69, 9.17) is 4.74 Å². The van der Waals surface area contributed by atoms with Crippen molar-refractivity contribution in [3.8, 4) is 0 Å². The largest absolute Gasteiger partial charge is 0.467 e. The van der Waals surface area contributed by atoms with Gasteiger partial charge in [0.15, 0.2) is 0 Å². The average molecular weight is 283 g/mol. The summed E-state index contributed by atoms with van der Waals surface area (Å²) in [6.45, 7) is 7.88. The van der Waals surface area contributed by atoms with Crippen LogP contribution in [0.15, 0.2) is 0 Å². The molecule has 4 heteroatoms. The van der Waals surface area contributed by atoms with E-state index in [0.29, 0.717) is 0 Å². The second-order valence-electron chi connectivity index (χ2n) is 6.73. The molecular weight excluding hydrogens is 254 g/mol. The number of ether oxygens (including phenoxy) is 1. The molecule has 1 rings (SSSR count). The fourth-order valence-corrected chi connectivity index (χ4v) is 2.86. The number of nitrogens with zero attached hydrogens (tertiary/aromatic N) is 1. The van der Waals surface area contributed by atoms with E-state index in [-0.39, 0.29) is 17.9 Å². The van der Waals surface area contributed by atoms with Crippen LogP contribution in [0.25, 0.3) is 0 Å². The molecule has 0 aromatic heterocycles. The van der Waals surface area contributed by atoms with Crippen molar-refractivity contribution >= 4 is 11.9 Å². The van der Waals surface area contributed by atoms with Gasteiger partial charge in [-0.25, -0.2) is 4.79 Å². The normalized spacial score (nSPS) is 23.6. The van der Waals surface area contributed by atoms with Gasteiger partial charge in [0.25, 0.3) is 0 Å². The summed E-state index contributed by atoms with van der Waals surface area (Å²) in [7, 11) is 1.40. The minimum atomic E-state index is -0.464. The topological polar surface area (TPSA) is 46.6 Å². The van der Waals surface area contributed by atoms with Gasteiger partial charge in [0.1, 0.15) is 6.04 Å². The number of hydrogen-bond donors (Lipinski definition) is 0. The van der Waals surface area contributed by atoms with Gasteiger partial charge in [0, 0.05) is 11.5 Å². The van der Waals surface area contributed by atoms with E-state index in [1.807, 2.05) is 25.7 Å². The summed E-state index contributed by atoms with van der Waals surface area (Å²) in [5, 5.41) is 0. The van der Waals surface area contributed by atoms with Crippen LogP contribution in [-0.4, -0.2) is 36.0 Å². The highest BCUT2D eigenvalue weighted by Crippen LogP contribution is 2.31. The van der Waals surface area contributed by atoms with Crippen molar-refractivity contribution in [2.75, 3.05) is 7.11 Å². The SMILES string of the molecule is CCCC[C@@H]1CCC[C@@H](C(=O)OC)N1C(=O)C(C)(C)C. The molecule has 0 spiro atoms. The molecule has 116 valence electrons. The molecule has 0 aromatic carbocycles. The number of amides is 1. The molecule has 1 heterocycles. The summed E-state index contributed by atoms with van der Waals surface area (Å²) in [6, 6.07) is -0.221. The quantitative estimate of drug-likeness (QED) is 0.745. The fourth-order valence-electron chi connectivity index (χ4n) is 2.86. The van der Waals surface area contributed by atoms with Gasteiger partial charge in [-0.1, -0.05) is 40.5 Å². The summed E-state index contributed by atoms with van der Waals surface area (Å²) in [6.07, 6.45) is 5.88. The molecule has 0 aromatic rings. The number of esters is 1. The lowest BCUT2D eigenvalue weighted by Crippen LogP contribution is -2.56. The van der Waals surface area contributed by atoms with E-state index in [1.165, 1.54) is 7.11 Å². The smallest absolute Gasteiger partial charge is 0.328 e. The standard InChI is InChI=1S/C16H29NO3/c1-6-7-9-12-10-8-11-13(14(18)20-5)17(12)15(19)16(2,3)4/h12-13H,6-11H2,1-5H3/t12-,13+/m1/s1. The van der Waals surface area contributed by atoms with Crippen LogP contribution in [0.1, 0.15) is 66.2 Å². The highest BCUT2D eigenvalue weighted by Gasteiger charge is 2.41. The third kappa shape index (κ3) is 3.97. The molecule has 1 aliphatic rings. The molecule has 0 bridgehead atoms. The van der Waals surface area contributed by atoms with Gasteiger partial charge in [-0.3, -0.25) is 4.79 Å². The maximum absolute atomic E-state index is 12.7. The first-order valence-electron chi connectivity index (χ1n) is 7.73. The van der Waals surface area contributed by atoms with Crippen molar-refractivity contribution in [3.05, 3.63) is 0 Å². The summed E-state index contributed by atoms with van der Waals surface area (Å²) in [5.74, 6) is -0.211. The Hall–Kier alpha value is -1.06. The summed E-state index contributed by atoms with van der Waals surface area (Å²) >= 11 is 0. The second-order valence-corrected chi connectivity index (χ2v) is 6.73. The Bertz CT molecular complexity index is 346. The molecule has 1 fully saturated rings. The molecule has 0 saturated carbocycles. The van der Waals surface area contributed by atoms with Crippen molar-refractivity contribution in [2.45, 2.75) is 78.3 Å². The monoisotopic (exact) mass is 283 g/mol. The zero-order valence-electron chi connectivity index (χ0n) is 13.6. The third-order valence-electron chi connectivity index (χ3n) is 3.98. The fraction of sp³-hybridized carbons (Fsp3) is 0.875. The third-order valence-corrected chi connectivity index (χ3v) is 3.98. The van der Waals surface area contributed by atoms with Crippen LogP contribution in [0.5, 0.6) is 0 Å². The molecule has 4 nitrogen and oxygen atoms in total. The van der Waals surface area contributed by atoms with E-state index < -0.39 is 11.5 Å². The lowest BCUT2D eigenvalue weighted by molar-refractivity contribution is -0.161. The van der Waals surface area contributed by atoms with Crippen LogP contribution < -0.4 is 0 Å². The van der Waals surface area contributed by atoms with E-state index in [1.54, 1.807) is 0 Å². The Morgan fingerprint density at radius 3 is 2.40 bits per heavy atom. The van der Waals surface area contributed by atoms with Crippen molar-refractivity contribution in [1.82, 2.24) is 4.90 Å². The van der Waals surface area contributed by atoms with Crippen LogP contribution in [-0.2, 0) is 14.3 Å². The second kappa shape index (κ2) is 7.09. The maximum atomic E-state index is 12.7. The lowest BCUT2D eigenvalue weighted by atomic mass is 9.87. The number of carbonyl (C=O) groups excluding carboxylic acids is 2. The number of hydrogen-bond acceptors (Lipinski definition) is 3. The molecule has 0 unspecified atom stereocenters. The molecule has 2 atom stereocenters. The minimum Gasteiger partial charge on any atom is -0.467 e. The molecule has 0 aliphatic carbocycles. The van der Waals surface area contributed by atoms with Gasteiger partial charge in [0.05, 0.1) is 7.11 Å². The van der Waals surface area contributed by atoms with Crippen molar-refractivity contribution in [1.29, 1.82) is 0 Å². The first-order valence-corrected chi connectivity index (χ1v) is 7.73. The summed E-state index contributed by atoms with van der Waals surface area (Å²) in [4.78, 5) is 26.6. The van der Waals surface area contributed by atoms with Crippen LogP contribution in [0, 0.1) is 5.41 Å². The van der Waals surface area contributed by atoms with E-state index in [0.717, 1.165) is 38.5 Å². The molecule has 20 heavy (non-hydrogen) atoms. The molecule has 0 N–H and O–H groups in total. The lowest BCUT2D eigenvalue weighted by Gasteiger charge is -2.43. The van der Waals surface area contributed by atoms with Crippen LogP contribution >= 0.6 is 0 Å². The van der Waals surface area contributed by atoms with Gasteiger partial charge in [-0.2, -0.15) is 0 Å². The first kappa shape index (κ1) is 17.0. The number of unbranched alkanes of at least 4 members (excludes halogenated alkanes) is 1. The van der Waals surface area contributed by atoms with Crippen molar-refractivity contribution in [3.63, 3.8) is 0 Å². The zero-order valence-corrected chi connectivity index (χ0v) is 13.6. The number of methoxy groups -OCH3 is 1. The van der Waals surface area contributed by atoms with Crippen LogP contribution in [0.4, 0.5) is 0 Å². The van der Waals surface area contributed by atoms with Gasteiger partial charge >= 0.3 is 5.97 Å². The van der Waals surface area contributed by atoms with Crippen molar-refractivity contribution in [2.24, 2.45) is 5.41 Å². The van der Waals surface area contributed by atoms with Crippen LogP contribution in [0.3, 0.4) is 0 Å². The van der Waals surface area contributed by atoms with E-state index in [2.05, 4.69) is 6.92 Å². The Morgan fingerprint density at radius 2 is 1.90 bits per heavy atom. The van der Waals surface area contributed by atoms with Gasteiger partial charge in [-0.05, 0) is 25.7 Å². The first-order chi connectivity index (χ1) is 9.32. The van der Waals surface area contributed by atoms with Gasteiger partial charge < -0.3 is 9.64 Å². The molecule has 1 amide bonds. The highest BCUT2D eigenvalue weighted by molar-refractivity contribution is 5.87. The van der Waals surface area contributed by atoms with E-state index in [9.17, 15) is 9.59 Å². The molecule has 1 aliphatic heterocycles. The van der Waals surface area contributed by atoms with Crippen molar-refractivity contribution < 1.29 is 14.3 Å². The molecule has 0 radical (unpaired) electrons. The number of likely N-dealkylation sites (tertiary alicyclic amines) is 1. The van der Waals surface area contributed by atoms with Gasteiger partial charge in [-0.15, -0.1) is 0 Å². The number of carbonyl (C=O) groups is 2. The average Bonchev–Trinajstić information content (AvgIpc) is 2.41. The van der Waals surface area contributed by atoms with Crippen LogP contribution in [0.2, 0.25) is 0 Å². The molecular formula is C16H29NO3. The highest BCUT2D eigenvalue weighted by atomic mass is 16.5. The summed E-state index contributed by atoms with van der Waals surface area (Å²) in [5.41, 5.74) is -0.464. The Morgan fingerprint density at radius 1 is 1.25 bits per heavy atom. The zero-order chi connectivity index (χ0) is 15.3. The minimum absolute atomic E-state index is 0.0636. The Balaban J connectivity index is 2.99. The predicted molar refractivity (Wildman–Crippen MR) is 79.3 cm³/mol. The van der Waals surface area contributed by atoms with Gasteiger partial charge in [0.2, 0.25) is 5.91 Å². The number of piperidine rings is 1. The Labute approximate surface area is 122 Å². The summed E-state index contributed by atoms with van der Waals surface area (Å²) < 4.78 is 4.90. The Kier molecular flexibility index (Phi) is 6.03.